The molecule has 1 aromatic heterocycles. The molecule has 2 rings (SSSR count). The third kappa shape index (κ3) is 4.72. The molecule has 0 amide bonds. The average Bonchev–Trinajstić information content (AvgIpc) is 2.42. The van der Waals surface area contributed by atoms with Crippen molar-refractivity contribution >= 4 is 15.9 Å². The lowest BCUT2D eigenvalue weighted by Gasteiger charge is -2.14. The highest BCUT2D eigenvalue weighted by atomic mass is 79.9. The Morgan fingerprint density at radius 3 is 2.86 bits per heavy atom. The zero-order valence-electron chi connectivity index (χ0n) is 12.0. The predicted octanol–water partition coefficient (Wildman–Crippen LogP) is 2.58. The summed E-state index contributed by atoms with van der Waals surface area (Å²) in [5.41, 5.74) is 6.92. The summed E-state index contributed by atoms with van der Waals surface area (Å²) in [7, 11) is 0. The summed E-state index contributed by atoms with van der Waals surface area (Å²) < 4.78 is 8.45. The fourth-order valence-electron chi connectivity index (χ4n) is 2.09. The second kappa shape index (κ2) is 7.43. The number of pyridine rings is 1. The SMILES string of the molecule is CC(N)Cc1cc(Br)ccc1OCCn1ccccc1=O. The molecule has 0 aliphatic heterocycles. The van der Waals surface area contributed by atoms with Crippen LogP contribution in [0.25, 0.3) is 0 Å². The number of hydrogen-bond donors (Lipinski definition) is 1. The first kappa shape index (κ1) is 15.8. The average molecular weight is 351 g/mol. The number of hydrogen-bond acceptors (Lipinski definition) is 3. The Kier molecular flexibility index (Phi) is 5.59. The summed E-state index contributed by atoms with van der Waals surface area (Å²) >= 11 is 3.46. The Balaban J connectivity index is 2.03. The normalized spacial score (nSPS) is 12.1. The Bertz CT molecular complexity index is 653. The lowest BCUT2D eigenvalue weighted by molar-refractivity contribution is 0.293. The molecule has 21 heavy (non-hydrogen) atoms. The van der Waals surface area contributed by atoms with Crippen LogP contribution >= 0.6 is 15.9 Å². The largest absolute Gasteiger partial charge is 0.491 e. The van der Waals surface area contributed by atoms with Gasteiger partial charge in [-0.25, -0.2) is 0 Å². The van der Waals surface area contributed by atoms with Gasteiger partial charge in [-0.3, -0.25) is 4.79 Å². The lowest BCUT2D eigenvalue weighted by Crippen LogP contribution is -2.22. The molecular weight excluding hydrogens is 332 g/mol. The molecule has 1 heterocycles. The maximum absolute atomic E-state index is 11.6. The summed E-state index contributed by atoms with van der Waals surface area (Å²) in [6.07, 6.45) is 2.51. The zero-order chi connectivity index (χ0) is 15.2. The molecule has 0 saturated carbocycles. The van der Waals surface area contributed by atoms with Gasteiger partial charge < -0.3 is 15.0 Å². The summed E-state index contributed by atoms with van der Waals surface area (Å²) in [6.45, 7) is 2.93. The molecule has 1 unspecified atom stereocenters. The van der Waals surface area contributed by atoms with E-state index in [9.17, 15) is 4.79 Å². The van der Waals surface area contributed by atoms with Crippen LogP contribution in [0.4, 0.5) is 0 Å². The van der Waals surface area contributed by atoms with Crippen LogP contribution in [-0.2, 0) is 13.0 Å². The van der Waals surface area contributed by atoms with Crippen molar-refractivity contribution in [3.63, 3.8) is 0 Å². The van der Waals surface area contributed by atoms with Crippen LogP contribution in [-0.4, -0.2) is 17.2 Å². The van der Waals surface area contributed by atoms with E-state index < -0.39 is 0 Å². The van der Waals surface area contributed by atoms with Crippen molar-refractivity contribution in [3.05, 3.63) is 63.0 Å². The second-order valence-corrected chi connectivity index (χ2v) is 5.93. The summed E-state index contributed by atoms with van der Waals surface area (Å²) in [6, 6.07) is 11.1. The van der Waals surface area contributed by atoms with Gasteiger partial charge in [-0.2, -0.15) is 0 Å². The van der Waals surface area contributed by atoms with Crippen LogP contribution < -0.4 is 16.0 Å². The number of benzene rings is 1. The van der Waals surface area contributed by atoms with Crippen LogP contribution in [0.3, 0.4) is 0 Å². The van der Waals surface area contributed by atoms with Gasteiger partial charge in [-0.05, 0) is 43.2 Å². The van der Waals surface area contributed by atoms with Gasteiger partial charge in [0.25, 0.3) is 5.56 Å². The Morgan fingerprint density at radius 1 is 1.33 bits per heavy atom. The van der Waals surface area contributed by atoms with E-state index in [2.05, 4.69) is 15.9 Å². The number of halogens is 1. The van der Waals surface area contributed by atoms with Crippen molar-refractivity contribution in [2.24, 2.45) is 5.73 Å². The molecule has 112 valence electrons. The summed E-state index contributed by atoms with van der Waals surface area (Å²) in [5.74, 6) is 0.819. The quantitative estimate of drug-likeness (QED) is 0.870. The molecule has 1 atom stereocenters. The van der Waals surface area contributed by atoms with Crippen molar-refractivity contribution in [1.82, 2.24) is 4.57 Å². The number of nitrogens with zero attached hydrogens (tertiary/aromatic N) is 1. The molecule has 4 nitrogen and oxygen atoms in total. The number of nitrogens with two attached hydrogens (primary N) is 1. The van der Waals surface area contributed by atoms with E-state index in [1.165, 1.54) is 0 Å². The number of ether oxygens (including phenoxy) is 1. The maximum Gasteiger partial charge on any atom is 0.250 e. The van der Waals surface area contributed by atoms with Crippen LogP contribution in [0.2, 0.25) is 0 Å². The van der Waals surface area contributed by atoms with Gasteiger partial charge in [-0.15, -0.1) is 0 Å². The molecule has 0 aliphatic carbocycles. The highest BCUT2D eigenvalue weighted by Gasteiger charge is 2.07. The van der Waals surface area contributed by atoms with Crippen LogP contribution in [0.1, 0.15) is 12.5 Å². The van der Waals surface area contributed by atoms with E-state index in [-0.39, 0.29) is 11.6 Å². The van der Waals surface area contributed by atoms with Gasteiger partial charge in [0.05, 0.1) is 6.54 Å². The van der Waals surface area contributed by atoms with E-state index in [1.54, 1.807) is 22.9 Å². The third-order valence-corrected chi connectivity index (χ3v) is 3.55. The van der Waals surface area contributed by atoms with E-state index >= 15 is 0 Å². The molecule has 2 aromatic rings. The number of aromatic nitrogens is 1. The van der Waals surface area contributed by atoms with Crippen molar-refractivity contribution in [2.75, 3.05) is 6.61 Å². The first-order valence-electron chi connectivity index (χ1n) is 6.88. The first-order chi connectivity index (χ1) is 10.1. The predicted molar refractivity (Wildman–Crippen MR) is 87.7 cm³/mol. The molecule has 0 radical (unpaired) electrons. The first-order valence-corrected chi connectivity index (χ1v) is 7.68. The minimum atomic E-state index is -0.0206. The third-order valence-electron chi connectivity index (χ3n) is 3.05. The fourth-order valence-corrected chi connectivity index (χ4v) is 2.50. The maximum atomic E-state index is 11.6. The van der Waals surface area contributed by atoms with E-state index in [1.807, 2.05) is 31.2 Å². The van der Waals surface area contributed by atoms with Gasteiger partial charge >= 0.3 is 0 Å². The molecule has 5 heteroatoms. The zero-order valence-corrected chi connectivity index (χ0v) is 13.5. The minimum Gasteiger partial charge on any atom is -0.491 e. The standard InChI is InChI=1S/C16H19BrN2O2/c1-12(18)10-13-11-14(17)5-6-15(13)21-9-8-19-7-3-2-4-16(19)20/h2-7,11-12H,8-10,18H2,1H3. The monoisotopic (exact) mass is 350 g/mol. The number of rotatable bonds is 6. The van der Waals surface area contributed by atoms with Crippen molar-refractivity contribution in [1.29, 1.82) is 0 Å². The van der Waals surface area contributed by atoms with Crippen LogP contribution in [0.15, 0.2) is 51.9 Å². The van der Waals surface area contributed by atoms with Crippen molar-refractivity contribution in [3.8, 4) is 5.75 Å². The van der Waals surface area contributed by atoms with Crippen molar-refractivity contribution < 1.29 is 4.74 Å². The Morgan fingerprint density at radius 2 is 2.14 bits per heavy atom. The smallest absolute Gasteiger partial charge is 0.250 e. The van der Waals surface area contributed by atoms with Gasteiger partial charge in [0, 0.05) is 22.8 Å². The Labute approximate surface area is 132 Å². The van der Waals surface area contributed by atoms with Crippen LogP contribution in [0.5, 0.6) is 5.75 Å². The second-order valence-electron chi connectivity index (χ2n) is 5.01. The Hall–Kier alpha value is -1.59. The van der Waals surface area contributed by atoms with E-state index in [0.29, 0.717) is 13.2 Å². The topological polar surface area (TPSA) is 57.2 Å². The highest BCUT2D eigenvalue weighted by molar-refractivity contribution is 9.10. The minimum absolute atomic E-state index is 0.0206. The molecule has 0 saturated heterocycles. The van der Waals surface area contributed by atoms with Crippen LogP contribution in [0, 0.1) is 0 Å². The molecular formula is C16H19BrN2O2. The van der Waals surface area contributed by atoms with E-state index in [0.717, 1.165) is 22.2 Å². The summed E-state index contributed by atoms with van der Waals surface area (Å²) in [4.78, 5) is 11.6. The van der Waals surface area contributed by atoms with Gasteiger partial charge in [-0.1, -0.05) is 22.0 Å². The molecule has 1 aromatic carbocycles. The molecule has 0 fully saturated rings. The molecule has 0 bridgehead atoms. The van der Waals surface area contributed by atoms with Gasteiger partial charge in [0.1, 0.15) is 12.4 Å². The fraction of sp³-hybridized carbons (Fsp3) is 0.312. The molecule has 0 aliphatic rings. The summed E-state index contributed by atoms with van der Waals surface area (Å²) in [5, 5.41) is 0. The lowest BCUT2D eigenvalue weighted by atomic mass is 10.1. The van der Waals surface area contributed by atoms with E-state index in [4.69, 9.17) is 10.5 Å². The van der Waals surface area contributed by atoms with Gasteiger partial charge in [0.15, 0.2) is 0 Å². The van der Waals surface area contributed by atoms with Gasteiger partial charge in [0.2, 0.25) is 0 Å². The molecule has 0 spiro atoms. The van der Waals surface area contributed by atoms with Crippen molar-refractivity contribution in [2.45, 2.75) is 25.9 Å². The highest BCUT2D eigenvalue weighted by Crippen LogP contribution is 2.24. The molecule has 2 N–H and O–H groups in total.